The zero-order chi connectivity index (χ0) is 26.0. The Morgan fingerprint density at radius 1 is 1.11 bits per heavy atom. The molecular formula is C23H26FN7O4S. The molecule has 1 aliphatic rings. The summed E-state index contributed by atoms with van der Waals surface area (Å²) in [5.74, 6) is -1.04. The molecule has 5 rings (SSSR count). The molecule has 1 fully saturated rings. The van der Waals surface area contributed by atoms with Crippen LogP contribution in [-0.2, 0) is 37.2 Å². The van der Waals surface area contributed by atoms with Crippen LogP contribution >= 0.6 is 0 Å². The summed E-state index contributed by atoms with van der Waals surface area (Å²) in [6.07, 6.45) is 4.49. The van der Waals surface area contributed by atoms with Crippen molar-refractivity contribution in [3.05, 3.63) is 74.2 Å². The van der Waals surface area contributed by atoms with Crippen molar-refractivity contribution in [2.45, 2.75) is 50.2 Å². The molecule has 36 heavy (non-hydrogen) atoms. The molecule has 1 N–H and O–H groups in total. The minimum atomic E-state index is -4.24. The first-order valence-corrected chi connectivity index (χ1v) is 12.8. The van der Waals surface area contributed by atoms with Crippen LogP contribution in [0.3, 0.4) is 0 Å². The smallest absolute Gasteiger partial charge is 0.287 e. The molecule has 0 radical (unpaired) electrons. The van der Waals surface area contributed by atoms with Crippen molar-refractivity contribution in [2.75, 3.05) is 0 Å². The lowest BCUT2D eigenvalue weighted by molar-refractivity contribution is 0.540. The minimum absolute atomic E-state index is 0.000346. The van der Waals surface area contributed by atoms with Gasteiger partial charge in [0, 0.05) is 31.4 Å². The summed E-state index contributed by atoms with van der Waals surface area (Å²) in [6.45, 7) is 3.46. The number of nitrogens with zero attached hydrogens (tertiary/aromatic N) is 6. The Labute approximate surface area is 205 Å². The van der Waals surface area contributed by atoms with E-state index in [0.29, 0.717) is 24.1 Å². The van der Waals surface area contributed by atoms with Crippen LogP contribution in [0.25, 0.3) is 10.9 Å². The molecule has 0 saturated heterocycles. The largest absolute Gasteiger partial charge is 0.332 e. The van der Waals surface area contributed by atoms with Crippen LogP contribution in [0.2, 0.25) is 0 Å². The number of sulfonamides is 1. The van der Waals surface area contributed by atoms with Crippen molar-refractivity contribution in [2.24, 2.45) is 14.1 Å². The molecule has 0 aliphatic heterocycles. The molecule has 0 unspecified atom stereocenters. The average Bonchev–Trinajstić information content (AvgIpc) is 3.20. The van der Waals surface area contributed by atoms with E-state index in [2.05, 4.69) is 14.9 Å². The van der Waals surface area contributed by atoms with Crippen LogP contribution in [-0.4, -0.2) is 42.7 Å². The van der Waals surface area contributed by atoms with Gasteiger partial charge in [0.2, 0.25) is 10.0 Å². The topological polar surface area (TPSA) is 126 Å². The van der Waals surface area contributed by atoms with Crippen molar-refractivity contribution in [1.29, 1.82) is 0 Å². The van der Waals surface area contributed by atoms with Crippen LogP contribution in [0.4, 0.5) is 4.39 Å². The maximum absolute atomic E-state index is 15.3. The molecule has 13 heteroatoms. The monoisotopic (exact) mass is 515 g/mol. The van der Waals surface area contributed by atoms with Gasteiger partial charge in [0.25, 0.3) is 5.56 Å². The third-order valence-corrected chi connectivity index (χ3v) is 8.12. The number of rotatable bonds is 7. The predicted octanol–water partition coefficient (Wildman–Crippen LogP) is 1.01. The summed E-state index contributed by atoms with van der Waals surface area (Å²) >= 11 is 0. The van der Waals surface area contributed by atoms with E-state index in [0.717, 1.165) is 22.4 Å². The molecular weight excluding hydrogens is 489 g/mol. The Balaban J connectivity index is 1.75. The zero-order valence-corrected chi connectivity index (χ0v) is 21.1. The van der Waals surface area contributed by atoms with Gasteiger partial charge in [-0.15, -0.1) is 0 Å². The quantitative estimate of drug-likeness (QED) is 0.392. The van der Waals surface area contributed by atoms with E-state index < -0.39 is 37.5 Å². The Kier molecular flexibility index (Phi) is 5.52. The summed E-state index contributed by atoms with van der Waals surface area (Å²) in [6, 6.07) is 3.75. The van der Waals surface area contributed by atoms with E-state index in [-0.39, 0.29) is 24.0 Å². The highest BCUT2D eigenvalue weighted by molar-refractivity contribution is 7.89. The first kappa shape index (κ1) is 24.1. The van der Waals surface area contributed by atoms with Crippen molar-refractivity contribution in [3.63, 3.8) is 0 Å². The third kappa shape index (κ3) is 4.28. The maximum atomic E-state index is 15.3. The molecule has 1 aromatic carbocycles. The molecule has 3 heterocycles. The molecule has 0 spiro atoms. The van der Waals surface area contributed by atoms with Crippen LogP contribution in [0.1, 0.15) is 36.7 Å². The number of halogens is 1. The Bertz CT molecular complexity index is 1740. The van der Waals surface area contributed by atoms with E-state index in [4.69, 9.17) is 0 Å². The molecule has 1 aliphatic carbocycles. The lowest BCUT2D eigenvalue weighted by atomic mass is 10.2. The number of nitrogens with one attached hydrogen (secondary N) is 1. The first-order chi connectivity index (χ1) is 16.9. The van der Waals surface area contributed by atoms with Gasteiger partial charge in [-0.2, -0.15) is 10.2 Å². The highest BCUT2D eigenvalue weighted by Crippen LogP contribution is 2.36. The standard InChI is InChI=1S/C23H26FN7O4S/c1-14-7-16(29(4)26-14)13-30-19-9-18(24)20(36(34,35)27-23(2)5-6-23)8-17(19)21(32)31(22(30)33)12-15-10-25-28(3)11-15/h7-11,27H,5-6,12-13H2,1-4H3. The Hall–Kier alpha value is -3.58. The fraction of sp³-hybridized carbons (Fsp3) is 0.391. The summed E-state index contributed by atoms with van der Waals surface area (Å²) in [7, 11) is -0.806. The second-order valence-corrected chi connectivity index (χ2v) is 11.3. The van der Waals surface area contributed by atoms with Crippen molar-refractivity contribution in [1.82, 2.24) is 33.4 Å². The van der Waals surface area contributed by atoms with E-state index in [1.165, 1.54) is 10.8 Å². The van der Waals surface area contributed by atoms with Crippen LogP contribution < -0.4 is 16.0 Å². The highest BCUT2D eigenvalue weighted by atomic mass is 32.2. The fourth-order valence-corrected chi connectivity index (χ4v) is 5.85. The summed E-state index contributed by atoms with van der Waals surface area (Å²) in [4.78, 5) is 26.4. The van der Waals surface area contributed by atoms with E-state index in [1.54, 1.807) is 49.6 Å². The van der Waals surface area contributed by atoms with E-state index in [9.17, 15) is 18.0 Å². The number of hydrogen-bond donors (Lipinski definition) is 1. The van der Waals surface area contributed by atoms with Crippen molar-refractivity contribution in [3.8, 4) is 0 Å². The van der Waals surface area contributed by atoms with Crippen LogP contribution in [0, 0.1) is 12.7 Å². The molecule has 1 saturated carbocycles. The second-order valence-electron chi connectivity index (χ2n) is 9.65. The lowest BCUT2D eigenvalue weighted by Gasteiger charge is -2.17. The number of hydrogen-bond acceptors (Lipinski definition) is 6. The third-order valence-electron chi connectivity index (χ3n) is 6.47. The summed E-state index contributed by atoms with van der Waals surface area (Å²) in [5, 5.41) is 8.29. The van der Waals surface area contributed by atoms with Gasteiger partial charge >= 0.3 is 5.69 Å². The SMILES string of the molecule is Cc1cc(Cn2c(=O)n(Cc3cnn(C)c3)c(=O)c3cc(S(=O)(=O)NC4(C)CC4)c(F)cc32)n(C)n1. The number of aryl methyl sites for hydroxylation is 3. The van der Waals surface area contributed by atoms with Crippen molar-refractivity contribution < 1.29 is 12.8 Å². The zero-order valence-electron chi connectivity index (χ0n) is 20.3. The first-order valence-electron chi connectivity index (χ1n) is 11.3. The Morgan fingerprint density at radius 3 is 2.42 bits per heavy atom. The van der Waals surface area contributed by atoms with Gasteiger partial charge in [0.05, 0.1) is 41.6 Å². The van der Waals surface area contributed by atoms with Gasteiger partial charge in [0.15, 0.2) is 0 Å². The van der Waals surface area contributed by atoms with Gasteiger partial charge < -0.3 is 0 Å². The minimum Gasteiger partial charge on any atom is -0.287 e. The number of benzene rings is 1. The van der Waals surface area contributed by atoms with Gasteiger partial charge in [-0.25, -0.2) is 22.3 Å². The molecule has 190 valence electrons. The predicted molar refractivity (Wildman–Crippen MR) is 130 cm³/mol. The van der Waals surface area contributed by atoms with E-state index in [1.807, 2.05) is 0 Å². The molecule has 11 nitrogen and oxygen atoms in total. The van der Waals surface area contributed by atoms with Crippen molar-refractivity contribution >= 4 is 20.9 Å². The lowest BCUT2D eigenvalue weighted by Crippen LogP contribution is -2.41. The maximum Gasteiger partial charge on any atom is 0.332 e. The molecule has 3 aromatic heterocycles. The van der Waals surface area contributed by atoms with Crippen LogP contribution in [0.5, 0.6) is 0 Å². The fourth-order valence-electron chi connectivity index (χ4n) is 4.30. The Morgan fingerprint density at radius 2 is 1.83 bits per heavy atom. The summed E-state index contributed by atoms with van der Waals surface area (Å²) < 4.78 is 49.1. The molecule has 0 bridgehead atoms. The number of fused-ring (bicyclic) bond motifs is 1. The normalized spacial score (nSPS) is 15.0. The van der Waals surface area contributed by atoms with Gasteiger partial charge in [-0.05, 0) is 44.9 Å². The van der Waals surface area contributed by atoms with Gasteiger partial charge in [-0.3, -0.25) is 23.3 Å². The van der Waals surface area contributed by atoms with E-state index >= 15 is 4.39 Å². The van der Waals surface area contributed by atoms with Gasteiger partial charge in [-0.1, -0.05) is 0 Å². The van der Waals surface area contributed by atoms with Gasteiger partial charge in [0.1, 0.15) is 10.7 Å². The molecule has 4 aromatic rings. The summed E-state index contributed by atoms with van der Waals surface area (Å²) in [5.41, 5.74) is -0.0100. The molecule has 0 amide bonds. The number of aromatic nitrogens is 6. The van der Waals surface area contributed by atoms with Crippen LogP contribution in [0.15, 0.2) is 45.1 Å². The average molecular weight is 516 g/mol. The molecule has 0 atom stereocenters. The second kappa shape index (κ2) is 8.23. The highest BCUT2D eigenvalue weighted by Gasteiger charge is 2.42.